The van der Waals surface area contributed by atoms with Gasteiger partial charge in [0.05, 0.1) is 11.6 Å². The van der Waals surface area contributed by atoms with Gasteiger partial charge in [-0.25, -0.2) is 0 Å². The number of anilines is 1. The van der Waals surface area contributed by atoms with Crippen molar-refractivity contribution in [2.45, 2.75) is 38.1 Å². The molecular weight excluding hydrogens is 470 g/mol. The number of H-pyrrole nitrogens is 1. The molecule has 1 saturated carbocycles. The normalized spacial score (nSPS) is 18.7. The van der Waals surface area contributed by atoms with Gasteiger partial charge in [-0.1, -0.05) is 54.1 Å². The molecule has 5 rings (SSSR count). The van der Waals surface area contributed by atoms with Crippen LogP contribution in [0.1, 0.15) is 42.9 Å². The molecule has 1 heterocycles. The molecule has 0 unspecified atom stereocenters. The van der Waals surface area contributed by atoms with E-state index in [9.17, 15) is 4.79 Å². The molecular formula is C29H32ClN5O. The first kappa shape index (κ1) is 24.3. The molecule has 1 atom stereocenters. The van der Waals surface area contributed by atoms with Gasteiger partial charge < -0.3 is 16.8 Å². The second-order valence-electron chi connectivity index (χ2n) is 9.81. The Morgan fingerprint density at radius 1 is 1.06 bits per heavy atom. The minimum atomic E-state index is -0.172. The van der Waals surface area contributed by atoms with Gasteiger partial charge in [0.1, 0.15) is 0 Å². The lowest BCUT2D eigenvalue weighted by atomic mass is 9.81. The third kappa shape index (κ3) is 5.25. The number of hydrogen-bond acceptors (Lipinski definition) is 4. The number of benzene rings is 3. The van der Waals surface area contributed by atoms with E-state index in [4.69, 9.17) is 23.1 Å². The van der Waals surface area contributed by atoms with Gasteiger partial charge in [0.25, 0.3) is 0 Å². The van der Waals surface area contributed by atoms with Crippen LogP contribution in [0.15, 0.2) is 66.7 Å². The zero-order valence-electron chi connectivity index (χ0n) is 20.2. The van der Waals surface area contributed by atoms with Gasteiger partial charge >= 0.3 is 0 Å². The molecule has 6 nitrogen and oxygen atoms in total. The molecule has 36 heavy (non-hydrogen) atoms. The van der Waals surface area contributed by atoms with E-state index >= 15 is 0 Å². The van der Waals surface area contributed by atoms with Gasteiger partial charge in [0.15, 0.2) is 5.82 Å². The molecule has 1 aliphatic carbocycles. The van der Waals surface area contributed by atoms with Crippen molar-refractivity contribution in [3.05, 3.63) is 82.9 Å². The van der Waals surface area contributed by atoms with E-state index in [1.165, 1.54) is 5.56 Å². The molecule has 1 aliphatic rings. The second kappa shape index (κ2) is 10.7. The Morgan fingerprint density at radius 2 is 1.83 bits per heavy atom. The summed E-state index contributed by atoms with van der Waals surface area (Å²) in [5, 5.41) is 12.0. The van der Waals surface area contributed by atoms with E-state index in [-0.39, 0.29) is 17.9 Å². The van der Waals surface area contributed by atoms with Crippen LogP contribution in [0.5, 0.6) is 0 Å². The van der Waals surface area contributed by atoms with Crippen molar-refractivity contribution in [3.8, 4) is 11.1 Å². The predicted molar refractivity (Wildman–Crippen MR) is 146 cm³/mol. The average molecular weight is 502 g/mol. The topological polar surface area (TPSA) is 110 Å². The summed E-state index contributed by atoms with van der Waals surface area (Å²) in [6, 6.07) is 22.0. The Hall–Kier alpha value is -3.35. The summed E-state index contributed by atoms with van der Waals surface area (Å²) in [4.78, 5) is 13.3. The minimum absolute atomic E-state index is 0.0334. The lowest BCUT2D eigenvalue weighted by Gasteiger charge is -2.29. The summed E-state index contributed by atoms with van der Waals surface area (Å²) in [5.74, 6) is 1.17. The highest BCUT2D eigenvalue weighted by atomic mass is 35.5. The molecule has 0 aliphatic heterocycles. The summed E-state index contributed by atoms with van der Waals surface area (Å²) in [7, 11) is 0. The van der Waals surface area contributed by atoms with Crippen LogP contribution in [0, 0.1) is 11.8 Å². The summed E-state index contributed by atoms with van der Waals surface area (Å²) in [5.41, 5.74) is 16.7. The van der Waals surface area contributed by atoms with Crippen LogP contribution in [0.25, 0.3) is 22.0 Å². The van der Waals surface area contributed by atoms with Crippen LogP contribution in [0.2, 0.25) is 5.02 Å². The van der Waals surface area contributed by atoms with Crippen molar-refractivity contribution < 1.29 is 4.79 Å². The minimum Gasteiger partial charge on any atom is -0.382 e. The first-order valence-electron chi connectivity index (χ1n) is 12.6. The molecule has 7 heteroatoms. The maximum Gasteiger partial charge on any atom is 0.223 e. The van der Waals surface area contributed by atoms with E-state index in [1.807, 2.05) is 48.5 Å². The maximum atomic E-state index is 13.3. The fourth-order valence-electron chi connectivity index (χ4n) is 5.24. The summed E-state index contributed by atoms with van der Waals surface area (Å²) >= 11 is 6.66. The van der Waals surface area contributed by atoms with Crippen molar-refractivity contribution in [1.29, 1.82) is 0 Å². The number of nitrogen functional groups attached to an aromatic ring is 1. The molecule has 1 fully saturated rings. The van der Waals surface area contributed by atoms with Crippen LogP contribution in [0.3, 0.4) is 0 Å². The third-order valence-corrected chi connectivity index (χ3v) is 7.78. The lowest BCUT2D eigenvalue weighted by Crippen LogP contribution is -2.37. The summed E-state index contributed by atoms with van der Waals surface area (Å²) in [6.07, 6.45) is 4.52. The fraction of sp³-hybridized carbons (Fsp3) is 0.310. The van der Waals surface area contributed by atoms with E-state index in [1.54, 1.807) is 0 Å². The molecule has 1 amide bonds. The third-order valence-electron chi connectivity index (χ3n) is 7.45. The number of rotatable bonds is 7. The van der Waals surface area contributed by atoms with Gasteiger partial charge in [0, 0.05) is 21.9 Å². The summed E-state index contributed by atoms with van der Waals surface area (Å²) < 4.78 is 0. The zero-order chi connectivity index (χ0) is 25.1. The van der Waals surface area contributed by atoms with E-state index < -0.39 is 0 Å². The Balaban J connectivity index is 1.44. The summed E-state index contributed by atoms with van der Waals surface area (Å²) in [6.45, 7) is 0.704. The number of hydrogen-bond donors (Lipinski definition) is 4. The number of nitrogens with two attached hydrogens (primary N) is 2. The van der Waals surface area contributed by atoms with Crippen LogP contribution in [-0.2, 0) is 11.2 Å². The van der Waals surface area contributed by atoms with Gasteiger partial charge in [-0.2, -0.15) is 5.10 Å². The molecule has 0 bridgehead atoms. The number of aromatic amines is 1. The number of amides is 1. The second-order valence-corrected chi connectivity index (χ2v) is 10.2. The molecule has 0 spiro atoms. The van der Waals surface area contributed by atoms with Crippen molar-refractivity contribution in [2.75, 3.05) is 12.3 Å². The van der Waals surface area contributed by atoms with Gasteiger partial charge in [-0.3, -0.25) is 9.89 Å². The van der Waals surface area contributed by atoms with Crippen LogP contribution >= 0.6 is 11.6 Å². The number of nitrogens with one attached hydrogen (secondary N) is 2. The molecule has 1 aromatic heterocycles. The maximum absolute atomic E-state index is 13.3. The molecule has 0 saturated heterocycles. The Bertz CT molecular complexity index is 1340. The SMILES string of the molecule is NCC1CCC(C(=O)N[C@H](Cc2ccccc2)c2ccc(Cl)c(-c3ccc4c(N)n[nH]c4c3)c2)CC1. The smallest absolute Gasteiger partial charge is 0.223 e. The van der Waals surface area contributed by atoms with Crippen LogP contribution in [0.4, 0.5) is 5.82 Å². The molecule has 4 aromatic rings. The fourth-order valence-corrected chi connectivity index (χ4v) is 5.47. The number of nitrogens with zero attached hydrogens (tertiary/aromatic N) is 1. The highest BCUT2D eigenvalue weighted by Crippen LogP contribution is 2.34. The lowest BCUT2D eigenvalue weighted by molar-refractivity contribution is -0.127. The number of fused-ring (bicyclic) bond motifs is 1. The number of aromatic nitrogens is 2. The van der Waals surface area contributed by atoms with Crippen molar-refractivity contribution in [3.63, 3.8) is 0 Å². The van der Waals surface area contributed by atoms with Crippen molar-refractivity contribution in [2.24, 2.45) is 17.6 Å². The quantitative estimate of drug-likeness (QED) is 0.263. The first-order valence-corrected chi connectivity index (χ1v) is 13.0. The Kier molecular flexibility index (Phi) is 7.25. The van der Waals surface area contributed by atoms with E-state index in [0.29, 0.717) is 29.7 Å². The standard InChI is InChI=1S/C29H32ClN5O/c30-25-13-11-22(15-24(25)21-10-12-23-27(16-21)34-35-28(23)32)26(14-18-4-2-1-3-5-18)33-29(36)20-8-6-19(17-31)7-9-20/h1-5,10-13,15-16,19-20,26H,6-9,14,17,31H2,(H,33,36)(H3,32,34,35)/t19?,20?,26-/m1/s1. The Morgan fingerprint density at radius 3 is 2.58 bits per heavy atom. The predicted octanol–water partition coefficient (Wildman–Crippen LogP) is 5.63. The van der Waals surface area contributed by atoms with Crippen molar-refractivity contribution >= 4 is 34.2 Å². The Labute approximate surface area is 216 Å². The number of halogens is 1. The highest BCUT2D eigenvalue weighted by molar-refractivity contribution is 6.33. The molecule has 0 radical (unpaired) electrons. The number of carbonyl (C=O) groups is 1. The van der Waals surface area contributed by atoms with E-state index in [0.717, 1.165) is 53.3 Å². The van der Waals surface area contributed by atoms with Gasteiger partial charge in [-0.15, -0.1) is 0 Å². The highest BCUT2D eigenvalue weighted by Gasteiger charge is 2.28. The molecule has 6 N–H and O–H groups in total. The zero-order valence-corrected chi connectivity index (χ0v) is 21.0. The van der Waals surface area contributed by atoms with Crippen LogP contribution in [-0.4, -0.2) is 22.6 Å². The molecule has 3 aromatic carbocycles. The largest absolute Gasteiger partial charge is 0.382 e. The first-order chi connectivity index (χ1) is 17.5. The number of carbonyl (C=O) groups excluding carboxylic acids is 1. The van der Waals surface area contributed by atoms with Gasteiger partial charge in [-0.05, 0) is 85.5 Å². The molecule has 186 valence electrons. The van der Waals surface area contributed by atoms with Crippen molar-refractivity contribution in [1.82, 2.24) is 15.5 Å². The average Bonchev–Trinajstić information content (AvgIpc) is 3.29. The van der Waals surface area contributed by atoms with Gasteiger partial charge in [0.2, 0.25) is 5.91 Å². The van der Waals surface area contributed by atoms with E-state index in [2.05, 4.69) is 33.7 Å². The monoisotopic (exact) mass is 501 g/mol. The van der Waals surface area contributed by atoms with Crippen LogP contribution < -0.4 is 16.8 Å².